The predicted octanol–water partition coefficient (Wildman–Crippen LogP) is 3.29. The molecular formula is C32H37N7O5. The Morgan fingerprint density at radius 2 is 2.02 bits per heavy atom. The minimum Gasteiger partial charge on any atom is -0.369 e. The summed E-state index contributed by atoms with van der Waals surface area (Å²) < 4.78 is 5.48. The number of hydrogen-bond acceptors (Lipinski definition) is 7. The van der Waals surface area contributed by atoms with E-state index in [-0.39, 0.29) is 29.7 Å². The number of allylic oxidation sites excluding steroid dienone is 1. The van der Waals surface area contributed by atoms with Crippen LogP contribution in [0.1, 0.15) is 52.0 Å². The van der Waals surface area contributed by atoms with Gasteiger partial charge in [-0.15, -0.1) is 0 Å². The van der Waals surface area contributed by atoms with E-state index in [0.29, 0.717) is 42.9 Å². The molecule has 0 spiro atoms. The molecule has 12 nitrogen and oxygen atoms in total. The molecule has 1 aromatic carbocycles. The lowest BCUT2D eigenvalue weighted by Crippen LogP contribution is -2.59. The molecule has 5 atom stereocenters. The van der Waals surface area contributed by atoms with Gasteiger partial charge in [-0.1, -0.05) is 19.1 Å². The van der Waals surface area contributed by atoms with Gasteiger partial charge in [0.2, 0.25) is 0 Å². The van der Waals surface area contributed by atoms with Crippen LogP contribution in [0.25, 0.3) is 0 Å². The first-order valence-electron chi connectivity index (χ1n) is 15.1. The van der Waals surface area contributed by atoms with Crippen LogP contribution in [0.5, 0.6) is 0 Å². The summed E-state index contributed by atoms with van der Waals surface area (Å²) in [6.07, 6.45) is 8.49. The van der Waals surface area contributed by atoms with Crippen molar-refractivity contribution in [1.82, 2.24) is 15.3 Å². The number of anilines is 1. The van der Waals surface area contributed by atoms with Gasteiger partial charge in [0.15, 0.2) is 12.2 Å². The Labute approximate surface area is 256 Å². The summed E-state index contributed by atoms with van der Waals surface area (Å²) in [6.45, 7) is 7.34. The molecule has 3 N–H and O–H groups in total. The molecule has 0 saturated carbocycles. The molecule has 0 radical (unpaired) electrons. The largest absolute Gasteiger partial charge is 0.369 e. The number of benzene rings is 1. The van der Waals surface area contributed by atoms with Crippen molar-refractivity contribution in [3.05, 3.63) is 65.0 Å². The Bertz CT molecular complexity index is 1530. The molecule has 4 amide bonds. The summed E-state index contributed by atoms with van der Waals surface area (Å²) in [5.74, 6) is -0.435. The number of fused-ring (bicyclic) bond motifs is 2. The van der Waals surface area contributed by atoms with Gasteiger partial charge in [-0.25, -0.2) is 25.0 Å². The maximum Gasteiger partial charge on any atom is 0.332 e. The van der Waals surface area contributed by atoms with Gasteiger partial charge in [0, 0.05) is 60.8 Å². The van der Waals surface area contributed by atoms with Crippen LogP contribution in [-0.2, 0) is 19.2 Å². The summed E-state index contributed by atoms with van der Waals surface area (Å²) >= 11 is 0. The number of urea groups is 1. The number of nitrogens with two attached hydrogens (primary N) is 1. The summed E-state index contributed by atoms with van der Waals surface area (Å²) in [5.41, 5.74) is 11.5. The summed E-state index contributed by atoms with van der Waals surface area (Å²) in [5, 5.41) is 9.18. The lowest BCUT2D eigenvalue weighted by Gasteiger charge is -2.54. The number of rotatable bonds is 5. The number of aliphatic imine (C=N–C) groups is 1. The Balaban J connectivity index is 1.26. The molecule has 5 aliphatic rings. The fourth-order valence-electron chi connectivity index (χ4n) is 7.10. The number of carbonyl (C=O) groups is 3. The maximum atomic E-state index is 14.0. The SMILES string of the molecule is C/C(=C\N=C(N)N1CCC2CN3C(=O)N(c4ccc(C#N)cc4)C(=O)C3C3(C)C=CC(C)C1=C23)C(=O)NOC1CCCCO1. The molecule has 4 heterocycles. The van der Waals surface area contributed by atoms with Crippen LogP contribution >= 0.6 is 0 Å². The molecule has 44 heavy (non-hydrogen) atoms. The zero-order chi connectivity index (χ0) is 31.2. The minimum absolute atomic E-state index is 0.000258. The highest BCUT2D eigenvalue weighted by Gasteiger charge is 2.61. The highest BCUT2D eigenvalue weighted by molar-refractivity contribution is 6.22. The van der Waals surface area contributed by atoms with Gasteiger partial charge in [-0.2, -0.15) is 5.26 Å². The number of nitrogens with zero attached hydrogens (tertiary/aromatic N) is 5. The van der Waals surface area contributed by atoms with E-state index in [1.54, 1.807) is 36.1 Å². The smallest absolute Gasteiger partial charge is 0.332 e. The monoisotopic (exact) mass is 599 g/mol. The topological polar surface area (TPSA) is 154 Å². The first-order valence-corrected chi connectivity index (χ1v) is 15.1. The molecule has 3 fully saturated rings. The van der Waals surface area contributed by atoms with Crippen molar-refractivity contribution in [2.24, 2.45) is 28.0 Å². The van der Waals surface area contributed by atoms with Crippen LogP contribution in [0.4, 0.5) is 10.5 Å². The fraction of sp³-hybridized carbons (Fsp3) is 0.469. The van der Waals surface area contributed by atoms with Crippen molar-refractivity contribution in [3.8, 4) is 6.07 Å². The molecule has 6 rings (SSSR count). The van der Waals surface area contributed by atoms with Crippen molar-refractivity contribution >= 4 is 29.5 Å². The number of ether oxygens (including phenoxy) is 1. The molecule has 0 aromatic heterocycles. The Hall–Kier alpha value is -4.47. The van der Waals surface area contributed by atoms with E-state index in [9.17, 15) is 19.6 Å². The zero-order valence-electron chi connectivity index (χ0n) is 25.2. The number of carbonyl (C=O) groups excluding carboxylic acids is 3. The number of hydroxylamine groups is 1. The van der Waals surface area contributed by atoms with Gasteiger partial charge in [0.05, 0.1) is 17.3 Å². The van der Waals surface area contributed by atoms with Crippen LogP contribution in [0.2, 0.25) is 0 Å². The molecule has 12 heteroatoms. The highest BCUT2D eigenvalue weighted by atomic mass is 16.8. The Morgan fingerprint density at radius 3 is 2.73 bits per heavy atom. The first-order chi connectivity index (χ1) is 21.1. The van der Waals surface area contributed by atoms with Gasteiger partial charge in [0.1, 0.15) is 6.04 Å². The average molecular weight is 600 g/mol. The van der Waals surface area contributed by atoms with E-state index in [1.807, 2.05) is 11.8 Å². The van der Waals surface area contributed by atoms with Gasteiger partial charge in [0.25, 0.3) is 11.8 Å². The Kier molecular flexibility index (Phi) is 7.77. The predicted molar refractivity (Wildman–Crippen MR) is 161 cm³/mol. The van der Waals surface area contributed by atoms with Gasteiger partial charge >= 0.3 is 6.03 Å². The van der Waals surface area contributed by atoms with E-state index in [1.165, 1.54) is 11.1 Å². The van der Waals surface area contributed by atoms with E-state index in [0.717, 1.165) is 30.5 Å². The van der Waals surface area contributed by atoms with Crippen molar-refractivity contribution in [3.63, 3.8) is 0 Å². The van der Waals surface area contributed by atoms with Gasteiger partial charge in [-0.05, 0) is 62.9 Å². The quantitative estimate of drug-likeness (QED) is 0.131. The molecular weight excluding hydrogens is 562 g/mol. The lowest BCUT2D eigenvalue weighted by molar-refractivity contribution is -0.198. The second-order valence-electron chi connectivity index (χ2n) is 12.2. The second-order valence-corrected chi connectivity index (χ2v) is 12.2. The van der Waals surface area contributed by atoms with Crippen LogP contribution in [0.3, 0.4) is 0 Å². The highest BCUT2D eigenvalue weighted by Crippen LogP contribution is 2.55. The number of hydrogen-bond donors (Lipinski definition) is 2. The standard InChI is InChI=1S/C32H37N7O5/c1-19-11-13-32(3)25-22(18-38-27(32)29(41)39(31(38)42)23-9-7-21(16-33)8-10-23)12-14-37(26(19)25)30(34)35-17-20(2)28(40)36-44-24-6-4-5-15-43-24/h7-11,13,17,19,22,24,27H,4-6,12,14-15,18H2,1-3H3,(H2,34,35)(H,36,40)/b20-17+. The summed E-state index contributed by atoms with van der Waals surface area (Å²) in [4.78, 5) is 55.0. The molecule has 230 valence electrons. The first kappa shape index (κ1) is 29.6. The van der Waals surface area contributed by atoms with Crippen molar-refractivity contribution in [2.75, 3.05) is 24.6 Å². The van der Waals surface area contributed by atoms with E-state index in [4.69, 9.17) is 15.3 Å². The molecule has 3 saturated heterocycles. The molecule has 1 aliphatic carbocycles. The normalized spacial score (nSPS) is 30.3. The third-order valence-corrected chi connectivity index (χ3v) is 9.31. The summed E-state index contributed by atoms with van der Waals surface area (Å²) in [6, 6.07) is 7.49. The van der Waals surface area contributed by atoms with Crippen molar-refractivity contribution < 1.29 is 24.0 Å². The van der Waals surface area contributed by atoms with Crippen molar-refractivity contribution in [2.45, 2.75) is 58.8 Å². The number of amides is 4. The van der Waals surface area contributed by atoms with E-state index in [2.05, 4.69) is 35.6 Å². The minimum atomic E-state index is -0.748. The number of imide groups is 1. The van der Waals surface area contributed by atoms with Crippen LogP contribution in [-0.4, -0.2) is 65.6 Å². The summed E-state index contributed by atoms with van der Waals surface area (Å²) in [7, 11) is 0. The van der Waals surface area contributed by atoms with E-state index < -0.39 is 23.7 Å². The van der Waals surface area contributed by atoms with Crippen molar-refractivity contribution in [1.29, 1.82) is 5.26 Å². The second kappa shape index (κ2) is 11.6. The third-order valence-electron chi connectivity index (χ3n) is 9.31. The van der Waals surface area contributed by atoms with Crippen LogP contribution in [0.15, 0.2) is 64.5 Å². The van der Waals surface area contributed by atoms with E-state index >= 15 is 0 Å². The molecule has 5 unspecified atom stereocenters. The van der Waals surface area contributed by atoms with Crippen LogP contribution < -0.4 is 16.1 Å². The molecule has 4 aliphatic heterocycles. The maximum absolute atomic E-state index is 14.0. The number of piperidine rings is 1. The molecule has 1 aromatic rings. The lowest BCUT2D eigenvalue weighted by atomic mass is 9.61. The number of nitriles is 1. The number of nitrogens with one attached hydrogen (secondary N) is 1. The van der Waals surface area contributed by atoms with Crippen LogP contribution in [0, 0.1) is 28.6 Å². The Morgan fingerprint density at radius 1 is 1.25 bits per heavy atom. The fourth-order valence-corrected chi connectivity index (χ4v) is 7.10. The third kappa shape index (κ3) is 4.96. The average Bonchev–Trinajstić information content (AvgIpc) is 3.30. The zero-order valence-corrected chi connectivity index (χ0v) is 25.2. The molecule has 0 bridgehead atoms. The van der Waals surface area contributed by atoms with Gasteiger partial charge < -0.3 is 20.3 Å². The van der Waals surface area contributed by atoms with Gasteiger partial charge in [-0.3, -0.25) is 9.59 Å². The number of guanidine groups is 1.